The molecule has 0 aromatic heterocycles. The van der Waals surface area contributed by atoms with Crippen molar-refractivity contribution in [2.75, 3.05) is 38.6 Å². The lowest BCUT2D eigenvalue weighted by molar-refractivity contribution is 0.0730. The van der Waals surface area contributed by atoms with E-state index >= 15 is 0 Å². The van der Waals surface area contributed by atoms with Gasteiger partial charge in [-0.3, -0.25) is 0 Å². The maximum atomic E-state index is 12.1. The van der Waals surface area contributed by atoms with Gasteiger partial charge in [0.15, 0.2) is 0 Å². The quantitative estimate of drug-likeness (QED) is 0.746. The number of carbonyl (C=O) groups excluding carboxylic acids is 1. The number of alkyl carbamates (subject to hydrolysis) is 1. The van der Waals surface area contributed by atoms with Gasteiger partial charge < -0.3 is 14.8 Å². The summed E-state index contributed by atoms with van der Waals surface area (Å²) in [6.45, 7) is 2.12. The molecule has 7 nitrogen and oxygen atoms in total. The summed E-state index contributed by atoms with van der Waals surface area (Å²) in [6, 6.07) is 9.35. The Labute approximate surface area is 136 Å². The average Bonchev–Trinajstić information content (AvgIpc) is 2.59. The van der Waals surface area contributed by atoms with Crippen molar-refractivity contribution in [2.45, 2.75) is 13.0 Å². The summed E-state index contributed by atoms with van der Waals surface area (Å²) in [5, 5.41) is 2.56. The van der Waals surface area contributed by atoms with Crippen LogP contribution in [-0.2, 0) is 26.1 Å². The Morgan fingerprint density at radius 3 is 2.61 bits per heavy atom. The lowest BCUT2D eigenvalue weighted by Gasteiger charge is -2.25. The van der Waals surface area contributed by atoms with Crippen molar-refractivity contribution >= 4 is 16.1 Å². The Morgan fingerprint density at radius 1 is 1.22 bits per heavy atom. The van der Waals surface area contributed by atoms with E-state index in [0.717, 1.165) is 5.56 Å². The molecule has 1 aromatic carbocycles. The topological polar surface area (TPSA) is 84.9 Å². The molecule has 23 heavy (non-hydrogen) atoms. The lowest BCUT2D eigenvalue weighted by Crippen LogP contribution is -2.42. The highest BCUT2D eigenvalue weighted by molar-refractivity contribution is 7.89. The number of rotatable bonds is 7. The van der Waals surface area contributed by atoms with Crippen molar-refractivity contribution in [1.82, 2.24) is 9.62 Å². The van der Waals surface area contributed by atoms with Crippen molar-refractivity contribution in [3.05, 3.63) is 35.9 Å². The molecule has 1 aliphatic heterocycles. The van der Waals surface area contributed by atoms with E-state index in [0.29, 0.717) is 32.7 Å². The van der Waals surface area contributed by atoms with Gasteiger partial charge in [-0.15, -0.1) is 0 Å². The molecule has 1 amide bonds. The van der Waals surface area contributed by atoms with Crippen LogP contribution in [0.3, 0.4) is 0 Å². The van der Waals surface area contributed by atoms with E-state index in [9.17, 15) is 13.2 Å². The highest BCUT2D eigenvalue weighted by atomic mass is 32.2. The van der Waals surface area contributed by atoms with Crippen LogP contribution in [-0.4, -0.2) is 57.4 Å². The van der Waals surface area contributed by atoms with Gasteiger partial charge in [0.25, 0.3) is 0 Å². The Kier molecular flexibility index (Phi) is 6.82. The third-order valence-electron chi connectivity index (χ3n) is 3.42. The third-order valence-corrected chi connectivity index (χ3v) is 5.38. The molecule has 1 fully saturated rings. The van der Waals surface area contributed by atoms with E-state index in [-0.39, 0.29) is 18.9 Å². The van der Waals surface area contributed by atoms with Gasteiger partial charge in [0.2, 0.25) is 10.0 Å². The first-order valence-corrected chi connectivity index (χ1v) is 9.19. The van der Waals surface area contributed by atoms with Crippen molar-refractivity contribution in [3.8, 4) is 0 Å². The van der Waals surface area contributed by atoms with Crippen LogP contribution in [0.4, 0.5) is 4.79 Å². The Balaban J connectivity index is 1.61. The molecule has 1 aromatic rings. The van der Waals surface area contributed by atoms with Gasteiger partial charge in [-0.2, -0.15) is 4.31 Å². The third kappa shape index (κ3) is 6.17. The standard InChI is InChI=1S/C15H22N2O5S/c18-15(22-13-14-5-2-1-3-6-14)16-7-4-12-23(19,20)17-8-10-21-11-9-17/h1-3,5-6H,4,7-13H2,(H,16,18). The molecule has 0 aliphatic carbocycles. The summed E-state index contributed by atoms with van der Waals surface area (Å²) in [5.41, 5.74) is 0.901. The number of amides is 1. The molecule has 1 N–H and O–H groups in total. The summed E-state index contributed by atoms with van der Waals surface area (Å²) in [7, 11) is -3.28. The van der Waals surface area contributed by atoms with Gasteiger partial charge in [0.05, 0.1) is 19.0 Å². The first kappa shape index (κ1) is 17.7. The summed E-state index contributed by atoms with van der Waals surface area (Å²) >= 11 is 0. The number of nitrogens with zero attached hydrogens (tertiary/aromatic N) is 1. The lowest BCUT2D eigenvalue weighted by atomic mass is 10.2. The number of morpholine rings is 1. The minimum atomic E-state index is -3.28. The first-order valence-electron chi connectivity index (χ1n) is 7.58. The van der Waals surface area contributed by atoms with E-state index in [1.54, 1.807) is 0 Å². The second-order valence-corrected chi connectivity index (χ2v) is 7.26. The molecule has 0 bridgehead atoms. The highest BCUT2D eigenvalue weighted by Crippen LogP contribution is 2.06. The van der Waals surface area contributed by atoms with Crippen LogP contribution in [0.15, 0.2) is 30.3 Å². The fourth-order valence-corrected chi connectivity index (χ4v) is 3.65. The van der Waals surface area contributed by atoms with E-state index < -0.39 is 16.1 Å². The molecular formula is C15H22N2O5S. The van der Waals surface area contributed by atoms with Crippen LogP contribution in [0, 0.1) is 0 Å². The van der Waals surface area contributed by atoms with Gasteiger partial charge in [-0.1, -0.05) is 30.3 Å². The number of carbonyl (C=O) groups is 1. The molecule has 0 saturated carbocycles. The molecule has 0 atom stereocenters. The van der Waals surface area contributed by atoms with Gasteiger partial charge in [-0.25, -0.2) is 13.2 Å². The second kappa shape index (κ2) is 8.85. The zero-order chi connectivity index (χ0) is 16.5. The Bertz CT molecular complexity index is 585. The molecule has 0 spiro atoms. The highest BCUT2D eigenvalue weighted by Gasteiger charge is 2.23. The number of nitrogens with one attached hydrogen (secondary N) is 1. The van der Waals surface area contributed by atoms with E-state index in [1.807, 2.05) is 30.3 Å². The van der Waals surface area contributed by atoms with Gasteiger partial charge in [0, 0.05) is 19.6 Å². The van der Waals surface area contributed by atoms with Gasteiger partial charge in [0.1, 0.15) is 6.61 Å². The van der Waals surface area contributed by atoms with Crippen LogP contribution < -0.4 is 5.32 Å². The zero-order valence-electron chi connectivity index (χ0n) is 12.9. The Morgan fingerprint density at radius 2 is 1.91 bits per heavy atom. The molecule has 0 radical (unpaired) electrons. The van der Waals surface area contributed by atoms with Crippen molar-refractivity contribution in [2.24, 2.45) is 0 Å². The molecule has 128 valence electrons. The summed E-state index contributed by atoms with van der Waals surface area (Å²) in [5.74, 6) is 0.00592. The molecule has 2 rings (SSSR count). The van der Waals surface area contributed by atoms with Crippen molar-refractivity contribution in [3.63, 3.8) is 0 Å². The van der Waals surface area contributed by atoms with E-state index in [4.69, 9.17) is 9.47 Å². The van der Waals surface area contributed by atoms with Crippen LogP contribution in [0.1, 0.15) is 12.0 Å². The smallest absolute Gasteiger partial charge is 0.407 e. The number of hydrogen-bond donors (Lipinski definition) is 1. The molecule has 1 heterocycles. The van der Waals surface area contributed by atoms with Gasteiger partial charge >= 0.3 is 6.09 Å². The second-order valence-electron chi connectivity index (χ2n) is 5.17. The fourth-order valence-electron chi connectivity index (χ4n) is 2.17. The summed E-state index contributed by atoms with van der Waals surface area (Å²) < 4.78 is 35.8. The number of hydrogen-bond acceptors (Lipinski definition) is 5. The van der Waals surface area contributed by atoms with Crippen molar-refractivity contribution in [1.29, 1.82) is 0 Å². The van der Waals surface area contributed by atoms with Crippen molar-refractivity contribution < 1.29 is 22.7 Å². The average molecular weight is 342 g/mol. The predicted molar refractivity (Wildman–Crippen MR) is 85.4 cm³/mol. The molecular weight excluding hydrogens is 320 g/mol. The molecule has 0 unspecified atom stereocenters. The predicted octanol–water partition coefficient (Wildman–Crippen LogP) is 0.965. The monoisotopic (exact) mass is 342 g/mol. The molecule has 1 saturated heterocycles. The molecule has 1 aliphatic rings. The van der Waals surface area contributed by atoms with Crippen LogP contribution in [0.5, 0.6) is 0 Å². The largest absolute Gasteiger partial charge is 0.445 e. The SMILES string of the molecule is O=C(NCCCS(=O)(=O)N1CCOCC1)OCc1ccccc1. The fraction of sp³-hybridized carbons (Fsp3) is 0.533. The van der Waals surface area contributed by atoms with Crippen LogP contribution >= 0.6 is 0 Å². The maximum absolute atomic E-state index is 12.1. The minimum absolute atomic E-state index is 0.00592. The van der Waals surface area contributed by atoms with E-state index in [1.165, 1.54) is 4.31 Å². The number of ether oxygens (including phenoxy) is 2. The van der Waals surface area contributed by atoms with Crippen LogP contribution in [0.25, 0.3) is 0 Å². The van der Waals surface area contributed by atoms with Gasteiger partial charge in [-0.05, 0) is 12.0 Å². The number of sulfonamides is 1. The number of benzene rings is 1. The normalized spacial score (nSPS) is 16.0. The first-order chi connectivity index (χ1) is 11.1. The summed E-state index contributed by atoms with van der Waals surface area (Å²) in [6.07, 6.45) is -0.197. The zero-order valence-corrected chi connectivity index (χ0v) is 13.8. The summed E-state index contributed by atoms with van der Waals surface area (Å²) in [4.78, 5) is 11.5. The maximum Gasteiger partial charge on any atom is 0.407 e. The minimum Gasteiger partial charge on any atom is -0.445 e. The molecule has 8 heteroatoms. The Hall–Kier alpha value is -1.64. The van der Waals surface area contributed by atoms with E-state index in [2.05, 4.69) is 5.32 Å². The van der Waals surface area contributed by atoms with Crippen LogP contribution in [0.2, 0.25) is 0 Å².